The van der Waals surface area contributed by atoms with E-state index in [4.69, 9.17) is 0 Å². The Bertz CT molecular complexity index is 1030. The number of rotatable bonds is 4. The molecule has 4 nitrogen and oxygen atoms in total. The van der Waals surface area contributed by atoms with Crippen molar-refractivity contribution in [3.63, 3.8) is 0 Å². The van der Waals surface area contributed by atoms with Gasteiger partial charge in [0.25, 0.3) is 11.7 Å². The van der Waals surface area contributed by atoms with Crippen molar-refractivity contribution in [1.82, 2.24) is 4.90 Å². The van der Waals surface area contributed by atoms with Crippen LogP contribution in [0.2, 0.25) is 0 Å². The topological polar surface area (TPSA) is 57.6 Å². The molecule has 1 N–H and O–H groups in total. The largest absolute Gasteiger partial charge is 0.507 e. The normalized spacial score (nSPS) is 18.9. The zero-order valence-electron chi connectivity index (χ0n) is 18.7. The average Bonchev–Trinajstić information content (AvgIpc) is 2.92. The molecule has 1 amide bonds. The number of carbonyl (C=O) groups is 2. The van der Waals surface area contributed by atoms with Crippen molar-refractivity contribution in [3.05, 3.63) is 75.9 Å². The zero-order valence-corrected chi connectivity index (χ0v) is 18.7. The molecule has 4 heteroatoms. The molecule has 1 fully saturated rings. The third kappa shape index (κ3) is 3.79. The molecule has 1 atom stereocenters. The molecule has 1 heterocycles. The molecule has 3 rings (SSSR count). The van der Waals surface area contributed by atoms with Crippen molar-refractivity contribution in [3.8, 4) is 0 Å². The van der Waals surface area contributed by atoms with E-state index in [0.29, 0.717) is 12.1 Å². The molecule has 158 valence electrons. The van der Waals surface area contributed by atoms with Crippen LogP contribution in [0.15, 0.2) is 48.0 Å². The fourth-order valence-electron chi connectivity index (χ4n) is 4.06. The lowest BCUT2D eigenvalue weighted by atomic mass is 9.84. The van der Waals surface area contributed by atoms with Gasteiger partial charge in [-0.25, -0.2) is 0 Å². The van der Waals surface area contributed by atoms with E-state index in [1.807, 2.05) is 63.2 Å². The molecular formula is C26H31NO3. The zero-order chi connectivity index (χ0) is 22.2. The van der Waals surface area contributed by atoms with Gasteiger partial charge in [0.2, 0.25) is 0 Å². The van der Waals surface area contributed by atoms with Gasteiger partial charge in [-0.3, -0.25) is 9.59 Å². The third-order valence-corrected chi connectivity index (χ3v) is 5.85. The highest BCUT2D eigenvalue weighted by atomic mass is 16.3. The first kappa shape index (κ1) is 21.8. The van der Waals surface area contributed by atoms with Crippen molar-refractivity contribution in [1.29, 1.82) is 0 Å². The average molecular weight is 406 g/mol. The van der Waals surface area contributed by atoms with Crippen molar-refractivity contribution in [2.24, 2.45) is 0 Å². The minimum absolute atomic E-state index is 0.0937. The minimum Gasteiger partial charge on any atom is -0.507 e. The molecule has 0 aromatic heterocycles. The van der Waals surface area contributed by atoms with E-state index in [9.17, 15) is 14.7 Å². The van der Waals surface area contributed by atoms with E-state index < -0.39 is 17.7 Å². The Balaban J connectivity index is 2.28. The second-order valence-electron chi connectivity index (χ2n) is 9.13. The van der Waals surface area contributed by atoms with Gasteiger partial charge < -0.3 is 10.0 Å². The van der Waals surface area contributed by atoms with E-state index in [2.05, 4.69) is 20.8 Å². The summed E-state index contributed by atoms with van der Waals surface area (Å²) < 4.78 is 0. The van der Waals surface area contributed by atoms with Crippen LogP contribution in [0.3, 0.4) is 0 Å². The van der Waals surface area contributed by atoms with Gasteiger partial charge >= 0.3 is 0 Å². The van der Waals surface area contributed by atoms with E-state index in [0.717, 1.165) is 28.7 Å². The summed E-state index contributed by atoms with van der Waals surface area (Å²) in [4.78, 5) is 27.6. The van der Waals surface area contributed by atoms with E-state index in [1.54, 1.807) is 4.90 Å². The first-order chi connectivity index (χ1) is 14.1. The lowest BCUT2D eigenvalue weighted by Gasteiger charge is -2.26. The van der Waals surface area contributed by atoms with Crippen molar-refractivity contribution in [2.45, 2.75) is 59.4 Å². The van der Waals surface area contributed by atoms with Crippen LogP contribution in [0, 0.1) is 13.8 Å². The Labute approximate surface area is 179 Å². The quantitative estimate of drug-likeness (QED) is 0.419. The smallest absolute Gasteiger partial charge is 0.295 e. The summed E-state index contributed by atoms with van der Waals surface area (Å²) in [7, 11) is 0. The van der Waals surface area contributed by atoms with Crippen LogP contribution in [-0.2, 0) is 15.0 Å². The van der Waals surface area contributed by atoms with Crippen molar-refractivity contribution >= 4 is 17.4 Å². The lowest BCUT2D eigenvalue weighted by Crippen LogP contribution is -2.30. The summed E-state index contributed by atoms with van der Waals surface area (Å²) in [6.07, 6.45) is 0.730. The van der Waals surface area contributed by atoms with Gasteiger partial charge in [-0.15, -0.1) is 0 Å². The van der Waals surface area contributed by atoms with Crippen LogP contribution in [0.4, 0.5) is 0 Å². The SMILES string of the molecule is CCCN1C(=O)C(=O)/C(=C(/O)c2cc(C(C)(C)C)ccc2C)C1c1ccccc1C. The van der Waals surface area contributed by atoms with E-state index >= 15 is 0 Å². The maximum Gasteiger partial charge on any atom is 0.295 e. The van der Waals surface area contributed by atoms with Gasteiger partial charge in [-0.2, -0.15) is 0 Å². The molecule has 0 bridgehead atoms. The monoisotopic (exact) mass is 405 g/mol. The lowest BCUT2D eigenvalue weighted by molar-refractivity contribution is -0.139. The molecule has 0 saturated carbocycles. The number of aryl methyl sites for hydroxylation is 2. The fraction of sp³-hybridized carbons (Fsp3) is 0.385. The molecule has 2 aromatic rings. The second-order valence-corrected chi connectivity index (χ2v) is 9.13. The van der Waals surface area contributed by atoms with Gasteiger partial charge in [-0.1, -0.05) is 64.1 Å². The first-order valence-electron chi connectivity index (χ1n) is 10.5. The fourth-order valence-corrected chi connectivity index (χ4v) is 4.06. The van der Waals surface area contributed by atoms with Crippen molar-refractivity contribution in [2.75, 3.05) is 6.54 Å². The van der Waals surface area contributed by atoms with Crippen LogP contribution < -0.4 is 0 Å². The number of amides is 1. The number of nitrogens with zero attached hydrogens (tertiary/aromatic N) is 1. The van der Waals surface area contributed by atoms with Crippen LogP contribution in [0.25, 0.3) is 5.76 Å². The van der Waals surface area contributed by atoms with Crippen LogP contribution in [0.1, 0.15) is 68.0 Å². The van der Waals surface area contributed by atoms with Gasteiger partial charge in [-0.05, 0) is 54.0 Å². The first-order valence-corrected chi connectivity index (χ1v) is 10.5. The number of carbonyl (C=O) groups excluding carboxylic acids is 2. The molecule has 1 unspecified atom stereocenters. The molecular weight excluding hydrogens is 374 g/mol. The molecule has 0 spiro atoms. The highest BCUT2D eigenvalue weighted by Crippen LogP contribution is 2.41. The number of aliphatic hydroxyl groups excluding tert-OH is 1. The van der Waals surface area contributed by atoms with Gasteiger partial charge in [0.05, 0.1) is 11.6 Å². The summed E-state index contributed by atoms with van der Waals surface area (Å²) in [5.41, 5.74) is 4.46. The molecule has 1 saturated heterocycles. The van der Waals surface area contributed by atoms with Gasteiger partial charge in [0, 0.05) is 12.1 Å². The molecule has 30 heavy (non-hydrogen) atoms. The summed E-state index contributed by atoms with van der Waals surface area (Å²) >= 11 is 0. The summed E-state index contributed by atoms with van der Waals surface area (Å²) in [5, 5.41) is 11.4. The maximum absolute atomic E-state index is 13.1. The number of hydrogen-bond donors (Lipinski definition) is 1. The van der Waals surface area contributed by atoms with Gasteiger partial charge in [0.15, 0.2) is 0 Å². The molecule has 2 aromatic carbocycles. The predicted octanol–water partition coefficient (Wildman–Crippen LogP) is 5.43. The Hall–Kier alpha value is -2.88. The summed E-state index contributed by atoms with van der Waals surface area (Å²) in [5.74, 6) is -1.25. The number of Topliss-reactive ketones (excluding diaryl/α,β-unsaturated/α-hetero) is 1. The highest BCUT2D eigenvalue weighted by molar-refractivity contribution is 6.46. The Morgan fingerprint density at radius 3 is 2.30 bits per heavy atom. The van der Waals surface area contributed by atoms with Crippen LogP contribution in [-0.4, -0.2) is 28.2 Å². The number of aliphatic hydroxyl groups is 1. The predicted molar refractivity (Wildman–Crippen MR) is 120 cm³/mol. The summed E-state index contributed by atoms with van der Waals surface area (Å²) in [6, 6.07) is 13.1. The maximum atomic E-state index is 13.1. The Morgan fingerprint density at radius 2 is 1.70 bits per heavy atom. The number of likely N-dealkylation sites (tertiary alicyclic amines) is 1. The van der Waals surface area contributed by atoms with Crippen LogP contribution in [0.5, 0.6) is 0 Å². The summed E-state index contributed by atoms with van der Waals surface area (Å²) in [6.45, 7) is 12.6. The number of hydrogen-bond acceptors (Lipinski definition) is 3. The van der Waals surface area contributed by atoms with Gasteiger partial charge in [0.1, 0.15) is 5.76 Å². The van der Waals surface area contributed by atoms with E-state index in [1.165, 1.54) is 0 Å². The molecule has 1 aliphatic heterocycles. The minimum atomic E-state index is -0.616. The standard InChI is InChI=1S/C26H31NO3/c1-7-14-27-22(19-11-9-8-10-16(19)2)21(24(29)25(27)30)23(28)20-15-18(26(4,5)6)13-12-17(20)3/h8-13,15,22,28H,7,14H2,1-6H3/b23-21+. The Kier molecular flexibility index (Phi) is 5.89. The molecule has 0 aliphatic carbocycles. The highest BCUT2D eigenvalue weighted by Gasteiger charge is 2.46. The second kappa shape index (κ2) is 8.10. The van der Waals surface area contributed by atoms with E-state index in [-0.39, 0.29) is 16.7 Å². The van der Waals surface area contributed by atoms with Crippen molar-refractivity contribution < 1.29 is 14.7 Å². The number of ketones is 1. The Morgan fingerprint density at radius 1 is 1.03 bits per heavy atom. The number of benzene rings is 2. The molecule has 1 aliphatic rings. The van der Waals surface area contributed by atoms with Crippen LogP contribution >= 0.6 is 0 Å². The third-order valence-electron chi connectivity index (χ3n) is 5.85. The molecule has 0 radical (unpaired) electrons.